The first-order chi connectivity index (χ1) is 17.6. The van der Waals surface area contributed by atoms with E-state index in [2.05, 4.69) is 10.1 Å². The number of thiocarbonyl (C=S) groups is 1. The van der Waals surface area contributed by atoms with Gasteiger partial charge in [-0.3, -0.25) is 14.5 Å². The third-order valence-corrected chi connectivity index (χ3v) is 6.31. The van der Waals surface area contributed by atoms with E-state index in [1.54, 1.807) is 29.2 Å². The fourth-order valence-corrected chi connectivity index (χ4v) is 4.37. The first-order valence-corrected chi connectivity index (χ1v) is 11.9. The van der Waals surface area contributed by atoms with Crippen LogP contribution < -0.4 is 10.1 Å². The van der Waals surface area contributed by atoms with Crippen LogP contribution >= 0.6 is 23.8 Å². The summed E-state index contributed by atoms with van der Waals surface area (Å²) in [5.41, 5.74) is 1.97. The van der Waals surface area contributed by atoms with Crippen LogP contribution in [0.5, 0.6) is 5.75 Å². The Morgan fingerprint density at radius 3 is 2.19 bits per heavy atom. The Bertz CT molecular complexity index is 1270. The van der Waals surface area contributed by atoms with E-state index in [-0.39, 0.29) is 36.3 Å². The van der Waals surface area contributed by atoms with Gasteiger partial charge in [-0.1, -0.05) is 54.1 Å². The van der Waals surface area contributed by atoms with E-state index in [1.165, 1.54) is 29.2 Å². The molecule has 0 radical (unpaired) electrons. The zero-order chi connectivity index (χ0) is 26.6. The summed E-state index contributed by atoms with van der Waals surface area (Å²) in [6.07, 6.45) is -4.98. The van der Waals surface area contributed by atoms with Gasteiger partial charge in [-0.25, -0.2) is 0 Å². The molecule has 1 fully saturated rings. The van der Waals surface area contributed by atoms with Gasteiger partial charge >= 0.3 is 6.36 Å². The number of benzene rings is 3. The summed E-state index contributed by atoms with van der Waals surface area (Å²) in [6, 6.07) is 20.2. The minimum Gasteiger partial charge on any atom is -0.406 e. The standard InChI is InChI=1S/C26H21ClF3N3O3S/c27-19-8-10-20(11-9-19)31-23(34)14-22-24(35)33(16-17-4-2-1-3-5-17)25(37)32(22)15-18-6-12-21(13-7-18)36-26(28,29)30/h1-13,22H,14-16H2,(H,31,34)/t22-/m1/s1. The summed E-state index contributed by atoms with van der Waals surface area (Å²) in [5, 5.41) is 3.50. The highest BCUT2D eigenvalue weighted by Gasteiger charge is 2.43. The zero-order valence-corrected chi connectivity index (χ0v) is 20.8. The number of nitrogens with zero attached hydrogens (tertiary/aromatic N) is 2. The van der Waals surface area contributed by atoms with Crippen molar-refractivity contribution < 1.29 is 27.5 Å². The van der Waals surface area contributed by atoms with E-state index in [0.29, 0.717) is 16.3 Å². The minimum absolute atomic E-state index is 0.112. The Hall–Kier alpha value is -3.63. The molecule has 0 aromatic heterocycles. The molecule has 11 heteroatoms. The van der Waals surface area contributed by atoms with Crippen molar-refractivity contribution in [3.63, 3.8) is 0 Å². The molecule has 192 valence electrons. The summed E-state index contributed by atoms with van der Waals surface area (Å²) >= 11 is 11.5. The van der Waals surface area contributed by atoms with Gasteiger partial charge < -0.3 is 15.0 Å². The first-order valence-electron chi connectivity index (χ1n) is 11.1. The van der Waals surface area contributed by atoms with Crippen molar-refractivity contribution in [2.24, 2.45) is 0 Å². The quantitative estimate of drug-likeness (QED) is 0.363. The van der Waals surface area contributed by atoms with Crippen molar-refractivity contribution in [2.75, 3.05) is 5.32 Å². The van der Waals surface area contributed by atoms with Gasteiger partial charge in [0, 0.05) is 17.3 Å². The minimum atomic E-state index is -4.80. The maximum absolute atomic E-state index is 13.4. The molecular formula is C26H21ClF3N3O3S. The average Bonchev–Trinajstić information content (AvgIpc) is 3.05. The first kappa shape index (κ1) is 26.4. The molecule has 1 saturated heterocycles. The largest absolute Gasteiger partial charge is 0.573 e. The van der Waals surface area contributed by atoms with Crippen LogP contribution in [0.3, 0.4) is 0 Å². The van der Waals surface area contributed by atoms with Crippen LogP contribution in [-0.2, 0) is 22.7 Å². The molecule has 1 atom stereocenters. The van der Waals surface area contributed by atoms with Crippen LogP contribution in [0.15, 0.2) is 78.9 Å². The lowest BCUT2D eigenvalue weighted by Gasteiger charge is -2.24. The van der Waals surface area contributed by atoms with Crippen LogP contribution in [0, 0.1) is 0 Å². The Labute approximate surface area is 221 Å². The lowest BCUT2D eigenvalue weighted by Crippen LogP contribution is -2.37. The van der Waals surface area contributed by atoms with Gasteiger partial charge in [-0.15, -0.1) is 13.2 Å². The molecule has 0 spiro atoms. The molecule has 37 heavy (non-hydrogen) atoms. The molecule has 2 amide bonds. The highest BCUT2D eigenvalue weighted by atomic mass is 35.5. The maximum atomic E-state index is 13.4. The Morgan fingerprint density at radius 1 is 0.946 bits per heavy atom. The predicted octanol–water partition coefficient (Wildman–Crippen LogP) is 5.77. The fraction of sp³-hybridized carbons (Fsp3) is 0.192. The number of carbonyl (C=O) groups excluding carboxylic acids is 2. The van der Waals surface area contributed by atoms with E-state index in [9.17, 15) is 22.8 Å². The van der Waals surface area contributed by atoms with Crippen LogP contribution in [0.25, 0.3) is 0 Å². The van der Waals surface area contributed by atoms with Gasteiger partial charge in [0.2, 0.25) is 5.91 Å². The molecule has 0 aliphatic carbocycles. The highest BCUT2D eigenvalue weighted by molar-refractivity contribution is 7.80. The Balaban J connectivity index is 1.53. The molecule has 1 heterocycles. The number of anilines is 1. The summed E-state index contributed by atoms with van der Waals surface area (Å²) in [7, 11) is 0. The number of amides is 2. The van der Waals surface area contributed by atoms with E-state index in [0.717, 1.165) is 5.56 Å². The van der Waals surface area contributed by atoms with Crippen LogP contribution in [0.4, 0.5) is 18.9 Å². The highest BCUT2D eigenvalue weighted by Crippen LogP contribution is 2.28. The van der Waals surface area contributed by atoms with Gasteiger partial charge in [0.25, 0.3) is 5.91 Å². The summed E-state index contributed by atoms with van der Waals surface area (Å²) < 4.78 is 41.4. The number of halogens is 4. The molecular weight excluding hydrogens is 527 g/mol. The lowest BCUT2D eigenvalue weighted by atomic mass is 10.1. The second kappa shape index (κ2) is 11.2. The van der Waals surface area contributed by atoms with Crippen molar-refractivity contribution in [1.82, 2.24) is 9.80 Å². The normalized spacial score (nSPS) is 15.7. The number of alkyl halides is 3. The number of hydrogen-bond acceptors (Lipinski definition) is 4. The number of carbonyl (C=O) groups is 2. The zero-order valence-electron chi connectivity index (χ0n) is 19.2. The number of hydrogen-bond donors (Lipinski definition) is 1. The third kappa shape index (κ3) is 6.99. The smallest absolute Gasteiger partial charge is 0.406 e. The van der Waals surface area contributed by atoms with E-state index >= 15 is 0 Å². The molecule has 3 aromatic carbocycles. The fourth-order valence-electron chi connectivity index (χ4n) is 3.90. The van der Waals surface area contributed by atoms with E-state index in [1.807, 2.05) is 30.3 Å². The van der Waals surface area contributed by atoms with E-state index in [4.69, 9.17) is 23.8 Å². The summed E-state index contributed by atoms with van der Waals surface area (Å²) in [4.78, 5) is 29.3. The van der Waals surface area contributed by atoms with Crippen LogP contribution in [0.1, 0.15) is 17.5 Å². The number of rotatable bonds is 8. The van der Waals surface area contributed by atoms with Crippen molar-refractivity contribution in [3.8, 4) is 5.75 Å². The van der Waals surface area contributed by atoms with Crippen molar-refractivity contribution in [2.45, 2.75) is 31.9 Å². The molecule has 6 nitrogen and oxygen atoms in total. The second-order valence-electron chi connectivity index (χ2n) is 8.29. The Kier molecular flexibility index (Phi) is 7.99. The van der Waals surface area contributed by atoms with Gasteiger partial charge in [-0.05, 0) is 59.7 Å². The SMILES string of the molecule is O=C(C[C@@H]1C(=O)N(Cc2ccccc2)C(=S)N1Cc1ccc(OC(F)(F)F)cc1)Nc1ccc(Cl)cc1. The predicted molar refractivity (Wildman–Crippen MR) is 137 cm³/mol. The average molecular weight is 548 g/mol. The molecule has 0 bridgehead atoms. The molecule has 1 aliphatic rings. The molecule has 1 aliphatic heterocycles. The number of nitrogens with one attached hydrogen (secondary N) is 1. The molecule has 3 aromatic rings. The Morgan fingerprint density at radius 2 is 1.57 bits per heavy atom. The summed E-state index contributed by atoms with van der Waals surface area (Å²) in [5.74, 6) is -1.10. The molecule has 1 N–H and O–H groups in total. The maximum Gasteiger partial charge on any atom is 0.573 e. The summed E-state index contributed by atoms with van der Waals surface area (Å²) in [6.45, 7) is 0.337. The van der Waals surface area contributed by atoms with E-state index < -0.39 is 18.3 Å². The van der Waals surface area contributed by atoms with Crippen molar-refractivity contribution in [3.05, 3.63) is 95.0 Å². The van der Waals surface area contributed by atoms with Crippen LogP contribution in [0.2, 0.25) is 5.02 Å². The van der Waals surface area contributed by atoms with Gasteiger partial charge in [-0.2, -0.15) is 0 Å². The van der Waals surface area contributed by atoms with Crippen LogP contribution in [-0.4, -0.2) is 39.1 Å². The lowest BCUT2D eigenvalue weighted by molar-refractivity contribution is -0.274. The van der Waals surface area contributed by atoms with Crippen molar-refractivity contribution >= 4 is 46.4 Å². The van der Waals surface area contributed by atoms with Gasteiger partial charge in [0.1, 0.15) is 11.8 Å². The van der Waals surface area contributed by atoms with Crippen molar-refractivity contribution in [1.29, 1.82) is 0 Å². The molecule has 4 rings (SSSR count). The van der Waals surface area contributed by atoms with Gasteiger partial charge in [0.15, 0.2) is 5.11 Å². The third-order valence-electron chi connectivity index (χ3n) is 5.60. The monoisotopic (exact) mass is 547 g/mol. The molecule has 0 unspecified atom stereocenters. The topological polar surface area (TPSA) is 61.9 Å². The second-order valence-corrected chi connectivity index (χ2v) is 9.09. The van der Waals surface area contributed by atoms with Gasteiger partial charge in [0.05, 0.1) is 13.0 Å². The molecule has 0 saturated carbocycles. The number of ether oxygens (including phenoxy) is 1.